The second kappa shape index (κ2) is 13.1. The maximum absolute atomic E-state index is 14.7. The van der Waals surface area contributed by atoms with Gasteiger partial charge in [0.15, 0.2) is 0 Å². The van der Waals surface area contributed by atoms with Gasteiger partial charge >= 0.3 is 6.01 Å². The Kier molecular flexibility index (Phi) is 8.99. The van der Waals surface area contributed by atoms with Gasteiger partial charge in [0.05, 0.1) is 47.3 Å². The van der Waals surface area contributed by atoms with Crippen LogP contribution in [-0.2, 0) is 9.53 Å². The van der Waals surface area contributed by atoms with E-state index in [0.717, 1.165) is 19.4 Å². The van der Waals surface area contributed by atoms with Crippen molar-refractivity contribution in [1.82, 2.24) is 19.8 Å². The van der Waals surface area contributed by atoms with Gasteiger partial charge in [0, 0.05) is 55.0 Å². The number of fused-ring (bicyclic) bond motifs is 3. The number of piperazine rings is 1. The van der Waals surface area contributed by atoms with Crippen LogP contribution in [0.2, 0.25) is 5.02 Å². The summed E-state index contributed by atoms with van der Waals surface area (Å²) in [6, 6.07) is 8.59. The number of aromatic nitrogens is 2. The van der Waals surface area contributed by atoms with Crippen molar-refractivity contribution in [1.29, 1.82) is 5.26 Å². The van der Waals surface area contributed by atoms with Crippen molar-refractivity contribution in [2.75, 3.05) is 64.2 Å². The number of amides is 1. The van der Waals surface area contributed by atoms with Crippen LogP contribution in [0.3, 0.4) is 0 Å². The molecule has 11 nitrogen and oxygen atoms in total. The Hall–Kier alpha value is -4.44. The lowest BCUT2D eigenvalue weighted by molar-refractivity contribution is -0.130. The van der Waals surface area contributed by atoms with Crippen LogP contribution in [0.5, 0.6) is 6.01 Å². The number of carbonyl (C=O) groups excluding carboxylic acids is 1. The molecule has 46 heavy (non-hydrogen) atoms. The molecule has 13 heteroatoms. The quantitative estimate of drug-likeness (QED) is 0.195. The van der Waals surface area contributed by atoms with E-state index in [-0.39, 0.29) is 41.7 Å². The zero-order chi connectivity index (χ0) is 32.5. The van der Waals surface area contributed by atoms with E-state index in [1.54, 1.807) is 23.3 Å². The molecule has 2 atom stereocenters. The number of nitrogens with zero attached hydrogens (tertiary/aromatic N) is 6. The number of nitrogens with two attached hydrogens (primary N) is 1. The molecular formula is C33H35ClFN7O4. The van der Waals surface area contributed by atoms with Gasteiger partial charge in [0.2, 0.25) is 0 Å². The summed E-state index contributed by atoms with van der Waals surface area (Å²) in [5, 5.41) is 10.9. The Labute approximate surface area is 270 Å². The number of carbonyl (C=O) groups is 1. The average Bonchev–Trinajstić information content (AvgIpc) is 3.70. The van der Waals surface area contributed by atoms with Gasteiger partial charge in [0.1, 0.15) is 23.8 Å². The normalized spacial score (nSPS) is 18.8. The minimum atomic E-state index is -0.634. The molecule has 2 aliphatic rings. The van der Waals surface area contributed by atoms with Gasteiger partial charge in [0.25, 0.3) is 5.91 Å². The molecule has 0 radical (unpaired) electrons. The maximum Gasteiger partial charge on any atom is 0.319 e. The van der Waals surface area contributed by atoms with E-state index in [2.05, 4.69) is 24.6 Å². The van der Waals surface area contributed by atoms with E-state index < -0.39 is 11.9 Å². The lowest BCUT2D eigenvalue weighted by atomic mass is 9.98. The van der Waals surface area contributed by atoms with E-state index in [9.17, 15) is 14.4 Å². The minimum absolute atomic E-state index is 0.0683. The van der Waals surface area contributed by atoms with Gasteiger partial charge in [-0.3, -0.25) is 4.79 Å². The summed E-state index contributed by atoms with van der Waals surface area (Å²) in [6.07, 6.45) is 3.76. The summed E-state index contributed by atoms with van der Waals surface area (Å²) < 4.78 is 32.1. The Morgan fingerprint density at radius 2 is 2.07 bits per heavy atom. The van der Waals surface area contributed by atoms with E-state index in [1.165, 1.54) is 13.2 Å². The summed E-state index contributed by atoms with van der Waals surface area (Å²) in [6.45, 7) is 6.46. The fourth-order valence-electron chi connectivity index (χ4n) is 6.41. The number of methoxy groups -OCH3 is 1. The fraction of sp³-hybridized carbons (Fsp3) is 0.394. The van der Waals surface area contributed by atoms with Crippen molar-refractivity contribution in [2.24, 2.45) is 0 Å². The van der Waals surface area contributed by atoms with Crippen LogP contribution in [0.4, 0.5) is 15.9 Å². The van der Waals surface area contributed by atoms with Gasteiger partial charge < -0.3 is 34.3 Å². The van der Waals surface area contributed by atoms with Crippen LogP contribution in [0, 0.1) is 17.1 Å². The number of nitrogen functional groups attached to an aromatic ring is 1. The van der Waals surface area contributed by atoms with Crippen molar-refractivity contribution in [3.63, 3.8) is 0 Å². The number of ether oxygens (including phenoxy) is 2. The number of nitriles is 1. The predicted molar refractivity (Wildman–Crippen MR) is 174 cm³/mol. The second-order valence-corrected chi connectivity index (χ2v) is 12.1. The first-order chi connectivity index (χ1) is 22.2. The van der Waals surface area contributed by atoms with Gasteiger partial charge in [-0.1, -0.05) is 18.2 Å². The number of hydrogen-bond donors (Lipinski definition) is 1. The Balaban J connectivity index is 1.47. The highest BCUT2D eigenvalue weighted by molar-refractivity contribution is 6.34. The number of benzene rings is 2. The number of likely N-dealkylation sites (tertiary alicyclic amines) is 1. The van der Waals surface area contributed by atoms with Crippen LogP contribution in [-0.4, -0.2) is 91.3 Å². The fourth-order valence-corrected chi connectivity index (χ4v) is 6.62. The third-order valence-corrected chi connectivity index (χ3v) is 9.15. The monoisotopic (exact) mass is 647 g/mol. The van der Waals surface area contributed by atoms with Crippen LogP contribution in [0.1, 0.15) is 19.3 Å². The number of anilines is 2. The number of rotatable bonds is 9. The number of likely N-dealkylation sites (N-methyl/N-ethyl adjacent to an activating group) is 1. The second-order valence-electron chi connectivity index (χ2n) is 11.8. The zero-order valence-corrected chi connectivity index (χ0v) is 26.5. The topological polar surface area (TPSA) is 134 Å². The smallest absolute Gasteiger partial charge is 0.319 e. The summed E-state index contributed by atoms with van der Waals surface area (Å²) >= 11 is 6.46. The summed E-state index contributed by atoms with van der Waals surface area (Å²) in [5.74, 6) is -0.337. The molecule has 2 aliphatic heterocycles. The minimum Gasteiger partial charge on any atom is -0.463 e. The maximum atomic E-state index is 14.7. The molecule has 2 N–H and O–H groups in total. The number of furan rings is 1. The van der Waals surface area contributed by atoms with Crippen LogP contribution < -0.4 is 15.4 Å². The van der Waals surface area contributed by atoms with Crippen LogP contribution in [0.15, 0.2) is 47.1 Å². The first-order valence-corrected chi connectivity index (χ1v) is 15.5. The van der Waals surface area contributed by atoms with E-state index >= 15 is 0 Å². The molecule has 0 bridgehead atoms. The van der Waals surface area contributed by atoms with Crippen molar-refractivity contribution >= 4 is 50.9 Å². The molecule has 0 saturated carbocycles. The number of halogens is 2. The zero-order valence-electron chi connectivity index (χ0n) is 25.8. The molecular weight excluding hydrogens is 613 g/mol. The molecule has 2 aromatic heterocycles. The standard InChI is InChI=1S/C33H35ClFN7O4/c1-19(17-44-3)32(43)42-11-10-41(16-21(42)6-8-36)31-28-27(38-33(39-31)46-18-22-5-4-9-40(22)2)15-24(23-7-12-45-30(23)28)25-13-20(37)14-26(35)29(25)34/h7,12-15,21-22H,1,4-6,9-11,16-18,37H2,2-3H3/t21-,22-/m0/s1. The molecule has 4 heterocycles. The molecule has 2 saturated heterocycles. The molecule has 1 amide bonds. The summed E-state index contributed by atoms with van der Waals surface area (Å²) in [7, 11) is 3.57. The molecule has 4 aromatic rings. The van der Waals surface area contributed by atoms with Crippen molar-refractivity contribution in [3.05, 3.63) is 53.5 Å². The van der Waals surface area contributed by atoms with Crippen molar-refractivity contribution in [2.45, 2.75) is 31.3 Å². The summed E-state index contributed by atoms with van der Waals surface area (Å²) in [4.78, 5) is 28.9. The Bertz CT molecular complexity index is 1860. The first-order valence-electron chi connectivity index (χ1n) is 15.1. The van der Waals surface area contributed by atoms with E-state index in [1.807, 2.05) is 11.0 Å². The van der Waals surface area contributed by atoms with Gasteiger partial charge in [-0.15, -0.1) is 0 Å². The number of hydrogen-bond acceptors (Lipinski definition) is 10. The highest BCUT2D eigenvalue weighted by atomic mass is 35.5. The molecule has 0 spiro atoms. The highest BCUT2D eigenvalue weighted by Gasteiger charge is 2.34. The Morgan fingerprint density at radius 1 is 1.24 bits per heavy atom. The molecule has 0 aliphatic carbocycles. The van der Waals surface area contributed by atoms with Crippen LogP contribution >= 0.6 is 11.6 Å². The van der Waals surface area contributed by atoms with Gasteiger partial charge in [-0.05, 0) is 56.3 Å². The third kappa shape index (κ3) is 5.93. The largest absolute Gasteiger partial charge is 0.463 e. The molecule has 0 unspecified atom stereocenters. The molecule has 6 rings (SSSR count). The predicted octanol–water partition coefficient (Wildman–Crippen LogP) is 5.02. The molecule has 2 fully saturated rings. The SMILES string of the molecule is C=C(COC)C(=O)N1CCN(c2nc(OC[C@@H]3CCCN3C)nc3cc(-c4cc(N)cc(F)c4Cl)c4ccoc4c23)C[C@@H]1CC#N. The first kappa shape index (κ1) is 31.5. The van der Waals surface area contributed by atoms with Gasteiger partial charge in [-0.25, -0.2) is 4.39 Å². The van der Waals surface area contributed by atoms with Gasteiger partial charge in [-0.2, -0.15) is 15.2 Å². The highest BCUT2D eigenvalue weighted by Crippen LogP contribution is 2.43. The Morgan fingerprint density at radius 3 is 2.80 bits per heavy atom. The van der Waals surface area contributed by atoms with E-state index in [0.29, 0.717) is 70.6 Å². The van der Waals surface area contributed by atoms with E-state index in [4.69, 9.17) is 41.2 Å². The lowest BCUT2D eigenvalue weighted by Gasteiger charge is -2.41. The molecule has 2 aromatic carbocycles. The third-order valence-electron chi connectivity index (χ3n) is 8.77. The summed E-state index contributed by atoms with van der Waals surface area (Å²) in [5.41, 5.74) is 8.54. The molecule has 240 valence electrons. The van der Waals surface area contributed by atoms with Crippen molar-refractivity contribution in [3.8, 4) is 23.2 Å². The van der Waals surface area contributed by atoms with Crippen LogP contribution in [0.25, 0.3) is 33.0 Å². The lowest BCUT2D eigenvalue weighted by Crippen LogP contribution is -2.56. The average molecular weight is 648 g/mol. The van der Waals surface area contributed by atoms with Crippen molar-refractivity contribution < 1.29 is 23.1 Å².